The van der Waals surface area contributed by atoms with Crippen LogP contribution < -0.4 is 11.4 Å². The second kappa shape index (κ2) is 5.83. The van der Waals surface area contributed by atoms with Crippen LogP contribution in [0.25, 0.3) is 0 Å². The molecule has 1 saturated heterocycles. The van der Waals surface area contributed by atoms with Gasteiger partial charge in [0.1, 0.15) is 18.0 Å². The monoisotopic (exact) mass is 333 g/mol. The molecule has 0 amide bonds. The first kappa shape index (κ1) is 16.1. The summed E-state index contributed by atoms with van der Waals surface area (Å²) in [6, 6.07) is 1.37. The van der Waals surface area contributed by atoms with Crippen LogP contribution in [0.3, 0.4) is 0 Å². The van der Waals surface area contributed by atoms with Crippen LogP contribution in [0.1, 0.15) is 13.2 Å². The third-order valence-corrected chi connectivity index (χ3v) is 3.80. The number of anilines is 1. The number of halogens is 2. The lowest BCUT2D eigenvalue weighted by Gasteiger charge is -2.25. The van der Waals surface area contributed by atoms with Crippen molar-refractivity contribution in [2.24, 2.45) is 0 Å². The van der Waals surface area contributed by atoms with E-state index in [1.807, 2.05) is 0 Å². The van der Waals surface area contributed by atoms with Crippen molar-refractivity contribution < 1.29 is 14.9 Å². The minimum absolute atomic E-state index is 0.0328. The standard InChI is InChI=1S/C12H13Cl2N3O4/c1-6(18)8-9(19)12(14,3-4-13)10(21-8)17-5-2-7(15)16-11(17)20/h2,5-6,8-10,18-19H,1H3,(H2,15,16,20)/t6-,8+,9?,10+,12?/m0/s1. The van der Waals surface area contributed by atoms with E-state index in [-0.39, 0.29) is 5.82 Å². The predicted molar refractivity (Wildman–Crippen MR) is 76.7 cm³/mol. The second-order valence-corrected chi connectivity index (χ2v) is 5.48. The Morgan fingerprint density at radius 1 is 1.67 bits per heavy atom. The fourth-order valence-electron chi connectivity index (χ4n) is 2.17. The Hall–Kier alpha value is -1.30. The largest absolute Gasteiger partial charge is 0.391 e. The number of rotatable bonds is 2. The third-order valence-electron chi connectivity index (χ3n) is 3.21. The number of nitrogen functional groups attached to an aromatic ring is 1. The van der Waals surface area contributed by atoms with Crippen molar-refractivity contribution in [3.8, 4) is 11.3 Å². The smallest absolute Gasteiger partial charge is 0.351 e. The summed E-state index contributed by atoms with van der Waals surface area (Å²) in [6.45, 7) is 1.42. The Labute approximate surface area is 130 Å². The van der Waals surface area contributed by atoms with E-state index in [2.05, 4.69) is 16.3 Å². The topological polar surface area (TPSA) is 111 Å². The number of hydrogen-bond donors (Lipinski definition) is 3. The van der Waals surface area contributed by atoms with E-state index in [1.165, 1.54) is 19.2 Å². The molecule has 114 valence electrons. The Balaban J connectivity index is 2.54. The highest BCUT2D eigenvalue weighted by molar-refractivity contribution is 6.32. The molecular weight excluding hydrogens is 321 g/mol. The number of ether oxygens (including phenoxy) is 1. The average Bonchev–Trinajstić information content (AvgIpc) is 2.64. The van der Waals surface area contributed by atoms with Crippen LogP contribution in [0.4, 0.5) is 5.82 Å². The van der Waals surface area contributed by atoms with Gasteiger partial charge in [0.05, 0.1) is 6.10 Å². The highest BCUT2D eigenvalue weighted by Gasteiger charge is 2.57. The van der Waals surface area contributed by atoms with Crippen molar-refractivity contribution in [2.45, 2.75) is 36.3 Å². The van der Waals surface area contributed by atoms with Gasteiger partial charge in [-0.05, 0) is 24.6 Å². The first-order valence-corrected chi connectivity index (χ1v) is 6.75. The van der Waals surface area contributed by atoms with Gasteiger partial charge in [-0.15, -0.1) is 0 Å². The summed E-state index contributed by atoms with van der Waals surface area (Å²) in [5.41, 5.74) is 4.70. The lowest BCUT2D eigenvalue weighted by Crippen LogP contribution is -2.44. The summed E-state index contributed by atoms with van der Waals surface area (Å²) in [4.78, 5) is 13.8. The van der Waals surface area contributed by atoms with Crippen molar-refractivity contribution in [3.63, 3.8) is 0 Å². The molecule has 0 saturated carbocycles. The van der Waals surface area contributed by atoms with Gasteiger partial charge < -0.3 is 20.7 Å². The van der Waals surface area contributed by atoms with Gasteiger partial charge in [-0.2, -0.15) is 4.98 Å². The van der Waals surface area contributed by atoms with Crippen molar-refractivity contribution in [1.82, 2.24) is 9.55 Å². The number of alkyl halides is 1. The van der Waals surface area contributed by atoms with Crippen LogP contribution in [-0.4, -0.2) is 43.0 Å². The molecular formula is C12H13Cl2N3O4. The van der Waals surface area contributed by atoms with Gasteiger partial charge >= 0.3 is 5.69 Å². The number of hydrogen-bond acceptors (Lipinski definition) is 6. The molecule has 1 fully saturated rings. The Morgan fingerprint density at radius 2 is 2.33 bits per heavy atom. The molecule has 0 radical (unpaired) electrons. The van der Waals surface area contributed by atoms with Crippen molar-refractivity contribution >= 4 is 29.0 Å². The third kappa shape index (κ3) is 2.73. The molecule has 1 aliphatic rings. The molecule has 2 unspecified atom stereocenters. The van der Waals surface area contributed by atoms with E-state index in [9.17, 15) is 15.0 Å². The van der Waals surface area contributed by atoms with Crippen LogP contribution in [0.2, 0.25) is 0 Å². The fourth-order valence-corrected chi connectivity index (χ4v) is 2.70. The summed E-state index contributed by atoms with van der Waals surface area (Å²) in [6.07, 6.45) is -3.29. The van der Waals surface area contributed by atoms with Crippen LogP contribution >= 0.6 is 23.2 Å². The molecule has 1 aromatic heterocycles. The van der Waals surface area contributed by atoms with Crippen LogP contribution in [0.5, 0.6) is 0 Å². The van der Waals surface area contributed by atoms with E-state index < -0.39 is 35.1 Å². The van der Waals surface area contributed by atoms with E-state index in [0.29, 0.717) is 0 Å². The summed E-state index contributed by atoms with van der Waals surface area (Å²) in [7, 11) is 0. The lowest BCUT2D eigenvalue weighted by atomic mass is 9.97. The van der Waals surface area contributed by atoms with Crippen molar-refractivity contribution in [2.75, 3.05) is 5.73 Å². The summed E-state index contributed by atoms with van der Waals surface area (Å²) < 4.78 is 6.54. The Kier molecular flexibility index (Phi) is 4.46. The number of nitrogens with zero attached hydrogens (tertiary/aromatic N) is 2. The fraction of sp³-hybridized carbons (Fsp3) is 0.500. The molecule has 2 rings (SSSR count). The molecule has 5 atom stereocenters. The quantitative estimate of drug-likeness (QED) is 0.503. The summed E-state index contributed by atoms with van der Waals surface area (Å²) in [5.74, 6) is 2.45. The zero-order valence-electron chi connectivity index (χ0n) is 10.9. The average molecular weight is 334 g/mol. The highest BCUT2D eigenvalue weighted by atomic mass is 35.5. The normalized spacial score (nSPS) is 33.3. The summed E-state index contributed by atoms with van der Waals surface area (Å²) >= 11 is 11.7. The minimum Gasteiger partial charge on any atom is -0.391 e. The molecule has 0 aliphatic carbocycles. The van der Waals surface area contributed by atoms with Gasteiger partial charge in [0.15, 0.2) is 11.1 Å². The van der Waals surface area contributed by atoms with Crippen LogP contribution in [0.15, 0.2) is 17.1 Å². The van der Waals surface area contributed by atoms with Crippen LogP contribution in [-0.2, 0) is 4.74 Å². The Morgan fingerprint density at radius 3 is 2.86 bits per heavy atom. The van der Waals surface area contributed by atoms with E-state index in [1.54, 1.807) is 0 Å². The van der Waals surface area contributed by atoms with Gasteiger partial charge in [-0.25, -0.2) is 4.79 Å². The maximum Gasteiger partial charge on any atom is 0.351 e. The molecule has 2 heterocycles. The van der Waals surface area contributed by atoms with Gasteiger partial charge in [0.2, 0.25) is 0 Å². The maximum atomic E-state index is 11.9. The molecule has 1 aliphatic heterocycles. The Bertz CT molecular complexity index is 654. The minimum atomic E-state index is -1.70. The number of aliphatic hydroxyl groups excluding tert-OH is 2. The molecule has 9 heteroatoms. The molecule has 0 bridgehead atoms. The highest BCUT2D eigenvalue weighted by Crippen LogP contribution is 2.43. The lowest BCUT2D eigenvalue weighted by molar-refractivity contribution is -0.0773. The first-order valence-electron chi connectivity index (χ1n) is 5.99. The van der Waals surface area contributed by atoms with Gasteiger partial charge in [0, 0.05) is 11.6 Å². The predicted octanol–water partition coefficient (Wildman–Crippen LogP) is -0.358. The van der Waals surface area contributed by atoms with Gasteiger partial charge in [-0.3, -0.25) is 4.57 Å². The number of aromatic nitrogens is 2. The van der Waals surface area contributed by atoms with Crippen LogP contribution in [0, 0.1) is 11.3 Å². The van der Waals surface area contributed by atoms with Crippen molar-refractivity contribution in [1.29, 1.82) is 0 Å². The van der Waals surface area contributed by atoms with E-state index in [4.69, 9.17) is 33.7 Å². The molecule has 0 aromatic carbocycles. The molecule has 4 N–H and O–H groups in total. The van der Waals surface area contributed by atoms with E-state index >= 15 is 0 Å². The number of nitrogens with two attached hydrogens (primary N) is 1. The van der Waals surface area contributed by atoms with Crippen molar-refractivity contribution in [3.05, 3.63) is 22.7 Å². The number of aliphatic hydroxyl groups is 2. The van der Waals surface area contributed by atoms with Gasteiger partial charge in [0.25, 0.3) is 0 Å². The molecule has 1 aromatic rings. The molecule has 21 heavy (non-hydrogen) atoms. The molecule has 7 nitrogen and oxygen atoms in total. The summed E-state index contributed by atoms with van der Waals surface area (Å²) in [5, 5.41) is 22.0. The SMILES string of the molecule is C[C@H](O)[C@H]1O[C@@H](n2ccc(N)nc2=O)C(Cl)(C#CCl)C1O. The zero-order chi connectivity index (χ0) is 15.8. The van der Waals surface area contributed by atoms with Gasteiger partial charge in [-0.1, -0.05) is 17.5 Å². The zero-order valence-corrected chi connectivity index (χ0v) is 12.4. The maximum absolute atomic E-state index is 11.9. The first-order chi connectivity index (χ1) is 9.81. The molecule has 0 spiro atoms. The second-order valence-electron chi connectivity index (χ2n) is 4.67. The van der Waals surface area contributed by atoms with E-state index in [0.717, 1.165) is 4.57 Å².